The van der Waals surface area contributed by atoms with E-state index in [4.69, 9.17) is 0 Å². The van der Waals surface area contributed by atoms with Gasteiger partial charge in [-0.1, -0.05) is 19.3 Å². The molecule has 1 aliphatic heterocycles. The molecule has 0 aromatic heterocycles. The summed E-state index contributed by atoms with van der Waals surface area (Å²) in [6, 6.07) is 0. The summed E-state index contributed by atoms with van der Waals surface area (Å²) in [6.45, 7) is 0. The highest BCUT2D eigenvalue weighted by Gasteiger charge is 2.44. The minimum Gasteiger partial charge on any atom is -0.122 e. The molecule has 0 spiro atoms. The Morgan fingerprint density at radius 2 is 1.69 bits per heavy atom. The lowest BCUT2D eigenvalue weighted by Crippen LogP contribution is -2.24. The Bertz CT molecular complexity index is 170. The summed E-state index contributed by atoms with van der Waals surface area (Å²) in [7, 11) is 1.32. The number of hydrogen-bond donors (Lipinski definition) is 0. The molecule has 2 aliphatic carbocycles. The zero-order valence-corrected chi connectivity index (χ0v) is 9.47. The summed E-state index contributed by atoms with van der Waals surface area (Å²) < 4.78 is 0. The standard InChI is InChI=1S/C12H21P/c1-2-4-11-9(3-1)7-10-5-6-13-8-12(10)11/h9-13H,1-8H2. The molecule has 5 atom stereocenters. The number of fused-ring (bicyclic) bond motifs is 3. The second-order valence-corrected chi connectivity index (χ2v) is 6.77. The Hall–Kier alpha value is 0.430. The summed E-state index contributed by atoms with van der Waals surface area (Å²) in [5, 5.41) is 0. The van der Waals surface area contributed by atoms with Crippen molar-refractivity contribution in [2.75, 3.05) is 12.3 Å². The normalized spacial score (nSPS) is 51.7. The summed E-state index contributed by atoms with van der Waals surface area (Å²) in [5.41, 5.74) is 0. The molecule has 0 radical (unpaired) electrons. The average Bonchev–Trinajstić information content (AvgIpc) is 2.56. The van der Waals surface area contributed by atoms with E-state index in [1.807, 2.05) is 0 Å². The van der Waals surface area contributed by atoms with Gasteiger partial charge < -0.3 is 0 Å². The van der Waals surface area contributed by atoms with E-state index in [2.05, 4.69) is 0 Å². The van der Waals surface area contributed by atoms with Crippen LogP contribution in [0.1, 0.15) is 38.5 Å². The Labute approximate surface area is 83.7 Å². The highest BCUT2D eigenvalue weighted by atomic mass is 31.1. The first-order chi connectivity index (χ1) is 6.45. The second kappa shape index (κ2) is 3.54. The van der Waals surface area contributed by atoms with Crippen molar-refractivity contribution in [1.82, 2.24) is 0 Å². The molecule has 5 unspecified atom stereocenters. The average molecular weight is 196 g/mol. The lowest BCUT2D eigenvalue weighted by Gasteiger charge is -2.32. The summed E-state index contributed by atoms with van der Waals surface area (Å²) in [4.78, 5) is 0. The molecule has 0 aromatic carbocycles. The molecular weight excluding hydrogens is 175 g/mol. The predicted molar refractivity (Wildman–Crippen MR) is 59.7 cm³/mol. The number of hydrogen-bond acceptors (Lipinski definition) is 0. The van der Waals surface area contributed by atoms with Crippen LogP contribution < -0.4 is 0 Å². The highest BCUT2D eigenvalue weighted by Crippen LogP contribution is 2.53. The zero-order chi connectivity index (χ0) is 8.67. The second-order valence-electron chi connectivity index (χ2n) is 5.36. The first-order valence-corrected chi connectivity index (χ1v) is 7.57. The van der Waals surface area contributed by atoms with Gasteiger partial charge in [-0.05, 0) is 55.3 Å². The topological polar surface area (TPSA) is 0 Å². The minimum atomic E-state index is 1.17. The maximum absolute atomic E-state index is 1.62. The van der Waals surface area contributed by atoms with E-state index < -0.39 is 0 Å². The molecule has 13 heavy (non-hydrogen) atoms. The smallest absolute Gasteiger partial charge is 0.0318 e. The van der Waals surface area contributed by atoms with Crippen LogP contribution in [0.5, 0.6) is 0 Å². The van der Waals surface area contributed by atoms with Crippen LogP contribution in [0.3, 0.4) is 0 Å². The van der Waals surface area contributed by atoms with E-state index in [-0.39, 0.29) is 0 Å². The fraction of sp³-hybridized carbons (Fsp3) is 1.00. The van der Waals surface area contributed by atoms with Crippen LogP contribution in [-0.2, 0) is 0 Å². The van der Waals surface area contributed by atoms with Gasteiger partial charge in [0.25, 0.3) is 0 Å². The molecule has 2 saturated carbocycles. The van der Waals surface area contributed by atoms with Crippen LogP contribution in [0.2, 0.25) is 0 Å². The van der Waals surface area contributed by atoms with E-state index >= 15 is 0 Å². The predicted octanol–water partition coefficient (Wildman–Crippen LogP) is 3.51. The molecule has 0 amide bonds. The first-order valence-electron chi connectivity index (χ1n) is 6.16. The molecule has 0 bridgehead atoms. The van der Waals surface area contributed by atoms with E-state index in [0.29, 0.717) is 0 Å². The largest absolute Gasteiger partial charge is 0.122 e. The molecule has 3 fully saturated rings. The van der Waals surface area contributed by atoms with Crippen molar-refractivity contribution in [3.05, 3.63) is 0 Å². The van der Waals surface area contributed by atoms with Crippen molar-refractivity contribution >= 4 is 8.58 Å². The molecule has 1 saturated heterocycles. The van der Waals surface area contributed by atoms with Gasteiger partial charge in [-0.2, -0.15) is 0 Å². The fourth-order valence-corrected chi connectivity index (χ4v) is 5.96. The third-order valence-corrected chi connectivity index (χ3v) is 6.20. The van der Waals surface area contributed by atoms with E-state index in [9.17, 15) is 0 Å². The van der Waals surface area contributed by atoms with E-state index in [1.165, 1.54) is 32.3 Å². The van der Waals surface area contributed by atoms with Gasteiger partial charge in [0.05, 0.1) is 0 Å². The quantitative estimate of drug-likeness (QED) is 0.520. The third kappa shape index (κ3) is 1.46. The molecule has 0 aromatic rings. The van der Waals surface area contributed by atoms with Gasteiger partial charge in [-0.25, -0.2) is 0 Å². The summed E-state index contributed by atoms with van der Waals surface area (Å²) in [5.74, 6) is 4.73. The van der Waals surface area contributed by atoms with Crippen molar-refractivity contribution in [1.29, 1.82) is 0 Å². The van der Waals surface area contributed by atoms with Crippen LogP contribution >= 0.6 is 8.58 Å². The zero-order valence-electron chi connectivity index (χ0n) is 8.47. The molecule has 0 N–H and O–H groups in total. The van der Waals surface area contributed by atoms with E-state index in [1.54, 1.807) is 50.8 Å². The fourth-order valence-electron chi connectivity index (χ4n) is 4.21. The van der Waals surface area contributed by atoms with Crippen molar-refractivity contribution in [3.8, 4) is 0 Å². The highest BCUT2D eigenvalue weighted by molar-refractivity contribution is 7.38. The van der Waals surface area contributed by atoms with Gasteiger partial charge in [0.15, 0.2) is 0 Å². The maximum Gasteiger partial charge on any atom is -0.0318 e. The van der Waals surface area contributed by atoms with Crippen LogP contribution in [0.4, 0.5) is 0 Å². The third-order valence-electron chi connectivity index (χ3n) is 4.80. The van der Waals surface area contributed by atoms with Gasteiger partial charge >= 0.3 is 0 Å². The summed E-state index contributed by atoms with van der Waals surface area (Å²) in [6.07, 6.45) is 12.7. The van der Waals surface area contributed by atoms with Gasteiger partial charge in [0.1, 0.15) is 0 Å². The SMILES string of the molecule is C1CCC2C(C1)CC1CCPCC12. The molecular formula is C12H21P. The lowest BCUT2D eigenvalue weighted by atomic mass is 9.78. The van der Waals surface area contributed by atoms with Crippen molar-refractivity contribution < 1.29 is 0 Å². The monoisotopic (exact) mass is 196 g/mol. The molecule has 1 heteroatoms. The molecule has 0 nitrogen and oxygen atoms in total. The Morgan fingerprint density at radius 1 is 0.846 bits per heavy atom. The first kappa shape index (κ1) is 8.72. The van der Waals surface area contributed by atoms with E-state index in [0.717, 1.165) is 0 Å². The van der Waals surface area contributed by atoms with Crippen LogP contribution in [0, 0.1) is 23.7 Å². The number of rotatable bonds is 0. The van der Waals surface area contributed by atoms with Gasteiger partial charge in [-0.15, -0.1) is 8.58 Å². The van der Waals surface area contributed by atoms with Gasteiger partial charge in [0.2, 0.25) is 0 Å². The Balaban J connectivity index is 1.76. The lowest BCUT2D eigenvalue weighted by molar-refractivity contribution is 0.230. The van der Waals surface area contributed by atoms with Gasteiger partial charge in [-0.3, -0.25) is 0 Å². The van der Waals surface area contributed by atoms with Crippen molar-refractivity contribution in [3.63, 3.8) is 0 Å². The Morgan fingerprint density at radius 3 is 2.69 bits per heavy atom. The van der Waals surface area contributed by atoms with Crippen LogP contribution in [0.15, 0.2) is 0 Å². The minimum absolute atomic E-state index is 1.17. The maximum atomic E-state index is 1.62. The van der Waals surface area contributed by atoms with Crippen molar-refractivity contribution in [2.45, 2.75) is 38.5 Å². The van der Waals surface area contributed by atoms with Crippen LogP contribution in [-0.4, -0.2) is 12.3 Å². The molecule has 74 valence electrons. The molecule has 3 aliphatic rings. The molecule has 1 heterocycles. The molecule has 3 rings (SSSR count). The van der Waals surface area contributed by atoms with Crippen molar-refractivity contribution in [2.24, 2.45) is 23.7 Å². The summed E-state index contributed by atoms with van der Waals surface area (Å²) >= 11 is 0. The Kier molecular flexibility index (Phi) is 2.37. The van der Waals surface area contributed by atoms with Gasteiger partial charge in [0, 0.05) is 0 Å². The van der Waals surface area contributed by atoms with Crippen LogP contribution in [0.25, 0.3) is 0 Å².